The number of rotatable bonds is 5. The minimum absolute atomic E-state index is 0.197. The number of nitrogens with one attached hydrogen (secondary N) is 1. The van der Waals surface area contributed by atoms with E-state index in [1.807, 2.05) is 0 Å². The molecule has 0 radical (unpaired) electrons. The van der Waals surface area contributed by atoms with Gasteiger partial charge in [-0.15, -0.1) is 0 Å². The summed E-state index contributed by atoms with van der Waals surface area (Å²) < 4.78 is 12.8. The van der Waals surface area contributed by atoms with E-state index in [-0.39, 0.29) is 5.82 Å². The van der Waals surface area contributed by atoms with Crippen molar-refractivity contribution in [1.29, 1.82) is 0 Å². The Balaban J connectivity index is 1.86. The molecule has 3 N–H and O–H groups in total. The summed E-state index contributed by atoms with van der Waals surface area (Å²) in [4.78, 5) is 0. The molecule has 0 saturated heterocycles. The molecule has 0 spiro atoms. The van der Waals surface area contributed by atoms with Crippen LogP contribution in [0.25, 0.3) is 0 Å². The molecule has 1 fully saturated rings. The minimum atomic E-state index is -0.197. The fourth-order valence-electron chi connectivity index (χ4n) is 2.82. The van der Waals surface area contributed by atoms with E-state index in [9.17, 15) is 4.39 Å². The fraction of sp³-hybridized carbons (Fsp3) is 0.600. The average Bonchev–Trinajstić information content (AvgIpc) is 2.41. The van der Waals surface area contributed by atoms with Gasteiger partial charge in [0.05, 0.1) is 0 Å². The highest BCUT2D eigenvalue weighted by Gasteiger charge is 2.18. The summed E-state index contributed by atoms with van der Waals surface area (Å²) in [6, 6.07) is 6.82. The van der Waals surface area contributed by atoms with E-state index < -0.39 is 0 Å². The summed E-state index contributed by atoms with van der Waals surface area (Å²) in [6.45, 7) is 0.633. The summed E-state index contributed by atoms with van der Waals surface area (Å²) in [5.41, 5.74) is 6.79. The van der Waals surface area contributed by atoms with Gasteiger partial charge < -0.3 is 11.1 Å². The highest BCUT2D eigenvalue weighted by atomic mass is 19.1. The largest absolute Gasteiger partial charge is 0.381 e. The normalized spacial score (nSPS) is 18.6. The third-order valence-electron chi connectivity index (χ3n) is 3.84. The average molecular weight is 250 g/mol. The van der Waals surface area contributed by atoms with Crippen molar-refractivity contribution in [3.05, 3.63) is 30.1 Å². The van der Waals surface area contributed by atoms with Crippen LogP contribution in [0, 0.1) is 11.7 Å². The van der Waals surface area contributed by atoms with Crippen molar-refractivity contribution in [2.45, 2.75) is 44.6 Å². The van der Waals surface area contributed by atoms with Crippen LogP contribution in [0.15, 0.2) is 24.3 Å². The summed E-state index contributed by atoms with van der Waals surface area (Å²) in [5, 5.41) is 3.41. The molecule has 0 amide bonds. The molecule has 1 unspecified atom stereocenters. The number of anilines is 1. The van der Waals surface area contributed by atoms with Gasteiger partial charge in [-0.05, 0) is 36.6 Å². The number of nitrogens with two attached hydrogens (primary N) is 1. The highest BCUT2D eigenvalue weighted by molar-refractivity contribution is 5.43. The molecule has 100 valence electrons. The number of halogens is 1. The van der Waals surface area contributed by atoms with Crippen LogP contribution >= 0.6 is 0 Å². The third kappa shape index (κ3) is 3.98. The predicted molar refractivity (Wildman–Crippen MR) is 74.1 cm³/mol. The molecular weight excluding hydrogens is 227 g/mol. The molecule has 1 aromatic rings. The summed E-state index contributed by atoms with van der Waals surface area (Å²) in [5.74, 6) is 0.609. The first-order valence-corrected chi connectivity index (χ1v) is 7.00. The second-order valence-corrected chi connectivity index (χ2v) is 5.32. The van der Waals surface area contributed by atoms with Crippen LogP contribution in [0.1, 0.15) is 38.5 Å². The maximum Gasteiger partial charge on any atom is 0.123 e. The van der Waals surface area contributed by atoms with Crippen LogP contribution < -0.4 is 11.1 Å². The van der Waals surface area contributed by atoms with Gasteiger partial charge in [0.1, 0.15) is 5.82 Å². The van der Waals surface area contributed by atoms with E-state index in [4.69, 9.17) is 5.73 Å². The Labute approximate surface area is 109 Å². The smallest absolute Gasteiger partial charge is 0.123 e. The Morgan fingerprint density at radius 3 is 2.44 bits per heavy atom. The van der Waals surface area contributed by atoms with Gasteiger partial charge in [0.2, 0.25) is 0 Å². The summed E-state index contributed by atoms with van der Waals surface area (Å²) >= 11 is 0. The minimum Gasteiger partial charge on any atom is -0.381 e. The van der Waals surface area contributed by atoms with Crippen LogP contribution in [0.5, 0.6) is 0 Å². The molecule has 0 aliphatic heterocycles. The van der Waals surface area contributed by atoms with E-state index in [0.29, 0.717) is 12.6 Å². The van der Waals surface area contributed by atoms with Gasteiger partial charge in [0.25, 0.3) is 0 Å². The van der Waals surface area contributed by atoms with E-state index in [1.54, 1.807) is 12.1 Å². The molecule has 0 aromatic heterocycles. The van der Waals surface area contributed by atoms with Gasteiger partial charge in [-0.25, -0.2) is 4.39 Å². The molecule has 1 aliphatic rings. The van der Waals surface area contributed by atoms with Crippen molar-refractivity contribution < 1.29 is 4.39 Å². The van der Waals surface area contributed by atoms with Crippen molar-refractivity contribution in [3.63, 3.8) is 0 Å². The Hall–Kier alpha value is -1.09. The summed E-state index contributed by atoms with van der Waals surface area (Å²) in [7, 11) is 0. The highest BCUT2D eigenvalue weighted by Crippen LogP contribution is 2.28. The van der Waals surface area contributed by atoms with Crippen LogP contribution in [0.2, 0.25) is 0 Å². The standard InChI is InChI=1S/C15H23FN2/c16-13-6-8-14(9-7-13)18-15(11-17)10-12-4-2-1-3-5-12/h6-9,12,15,18H,1-5,10-11,17H2. The zero-order valence-electron chi connectivity index (χ0n) is 10.9. The Morgan fingerprint density at radius 2 is 1.83 bits per heavy atom. The Morgan fingerprint density at radius 1 is 1.17 bits per heavy atom. The van der Waals surface area contributed by atoms with Gasteiger partial charge in [0.15, 0.2) is 0 Å². The van der Waals surface area contributed by atoms with E-state index >= 15 is 0 Å². The molecule has 18 heavy (non-hydrogen) atoms. The zero-order valence-corrected chi connectivity index (χ0v) is 10.9. The first-order valence-electron chi connectivity index (χ1n) is 7.00. The van der Waals surface area contributed by atoms with Crippen molar-refractivity contribution in [1.82, 2.24) is 0 Å². The van der Waals surface area contributed by atoms with Crippen molar-refractivity contribution in [2.75, 3.05) is 11.9 Å². The molecule has 3 heteroatoms. The van der Waals surface area contributed by atoms with Gasteiger partial charge >= 0.3 is 0 Å². The molecule has 2 nitrogen and oxygen atoms in total. The maximum absolute atomic E-state index is 12.8. The van der Waals surface area contributed by atoms with Crippen LogP contribution in [0.3, 0.4) is 0 Å². The quantitative estimate of drug-likeness (QED) is 0.839. The lowest BCUT2D eigenvalue weighted by atomic mass is 9.85. The maximum atomic E-state index is 12.8. The molecule has 0 bridgehead atoms. The fourth-order valence-corrected chi connectivity index (χ4v) is 2.82. The van der Waals surface area contributed by atoms with Gasteiger partial charge in [-0.1, -0.05) is 32.1 Å². The molecule has 0 heterocycles. The molecule has 1 atom stereocenters. The van der Waals surface area contributed by atoms with E-state index in [2.05, 4.69) is 5.32 Å². The van der Waals surface area contributed by atoms with Crippen LogP contribution in [-0.2, 0) is 0 Å². The molecular formula is C15H23FN2. The van der Waals surface area contributed by atoms with Crippen molar-refractivity contribution in [3.8, 4) is 0 Å². The molecule has 1 saturated carbocycles. The lowest BCUT2D eigenvalue weighted by Gasteiger charge is -2.27. The van der Waals surface area contributed by atoms with Gasteiger partial charge in [-0.3, -0.25) is 0 Å². The van der Waals surface area contributed by atoms with Crippen LogP contribution in [-0.4, -0.2) is 12.6 Å². The van der Waals surface area contributed by atoms with Gasteiger partial charge in [-0.2, -0.15) is 0 Å². The van der Waals surface area contributed by atoms with Crippen molar-refractivity contribution >= 4 is 5.69 Å². The van der Waals surface area contributed by atoms with E-state index in [1.165, 1.54) is 44.2 Å². The number of hydrogen-bond acceptors (Lipinski definition) is 2. The SMILES string of the molecule is NCC(CC1CCCCC1)Nc1ccc(F)cc1. The topological polar surface area (TPSA) is 38.0 Å². The van der Waals surface area contributed by atoms with Crippen LogP contribution in [0.4, 0.5) is 10.1 Å². The Bertz CT molecular complexity index is 344. The molecule has 1 aliphatic carbocycles. The number of hydrogen-bond donors (Lipinski definition) is 2. The zero-order chi connectivity index (χ0) is 12.8. The van der Waals surface area contributed by atoms with Gasteiger partial charge in [0, 0.05) is 18.3 Å². The first-order chi connectivity index (χ1) is 8.78. The molecule has 2 rings (SSSR count). The van der Waals surface area contributed by atoms with Crippen molar-refractivity contribution in [2.24, 2.45) is 11.7 Å². The third-order valence-corrected chi connectivity index (χ3v) is 3.84. The summed E-state index contributed by atoms with van der Waals surface area (Å²) in [6.07, 6.45) is 7.91. The lowest BCUT2D eigenvalue weighted by molar-refractivity contribution is 0.324. The molecule has 1 aromatic carbocycles. The predicted octanol–water partition coefficient (Wildman–Crippen LogP) is 3.54. The van der Waals surface area contributed by atoms with E-state index in [0.717, 1.165) is 18.0 Å². The second-order valence-electron chi connectivity index (χ2n) is 5.32. The Kier molecular flexibility index (Phi) is 5.00. The number of benzene rings is 1. The first kappa shape index (κ1) is 13.3. The lowest BCUT2D eigenvalue weighted by Crippen LogP contribution is -2.31. The monoisotopic (exact) mass is 250 g/mol. The second kappa shape index (κ2) is 6.74.